The highest BCUT2D eigenvalue weighted by Gasteiger charge is 2.46. The van der Waals surface area contributed by atoms with Gasteiger partial charge in [0.2, 0.25) is 0 Å². The van der Waals surface area contributed by atoms with E-state index in [9.17, 15) is 9.59 Å². The van der Waals surface area contributed by atoms with E-state index >= 15 is 0 Å². The molecule has 152 valence electrons. The highest BCUT2D eigenvalue weighted by atomic mass is 32.2. The summed E-state index contributed by atoms with van der Waals surface area (Å²) >= 11 is 6.93. The van der Waals surface area contributed by atoms with E-state index in [1.54, 1.807) is 24.1 Å². The van der Waals surface area contributed by atoms with Gasteiger partial charge in [-0.25, -0.2) is 0 Å². The van der Waals surface area contributed by atoms with Gasteiger partial charge in [0.25, 0.3) is 11.8 Å². The van der Waals surface area contributed by atoms with Crippen molar-refractivity contribution in [2.45, 2.75) is 38.1 Å². The highest BCUT2D eigenvalue weighted by Crippen LogP contribution is 2.37. The van der Waals surface area contributed by atoms with Crippen molar-refractivity contribution < 1.29 is 14.3 Å². The Morgan fingerprint density at radius 1 is 1.17 bits per heavy atom. The van der Waals surface area contributed by atoms with Crippen LogP contribution in [0.5, 0.6) is 5.75 Å². The number of carbonyl (C=O) groups is 2. The summed E-state index contributed by atoms with van der Waals surface area (Å²) in [5.74, 6) is 0.282. The van der Waals surface area contributed by atoms with E-state index in [0.29, 0.717) is 16.4 Å². The molecule has 0 radical (unpaired) electrons. The quantitative estimate of drug-likeness (QED) is 0.731. The summed E-state index contributed by atoms with van der Waals surface area (Å²) in [5, 5.41) is 2.92. The number of methoxy groups -OCH3 is 1. The van der Waals surface area contributed by atoms with Crippen LogP contribution >= 0.6 is 24.0 Å². The maximum absolute atomic E-state index is 13.3. The van der Waals surface area contributed by atoms with E-state index < -0.39 is 10.8 Å². The minimum Gasteiger partial charge on any atom is -0.497 e. The molecule has 1 unspecified atom stereocenters. The number of thioether (sulfide) groups is 1. The zero-order valence-electron chi connectivity index (χ0n) is 16.9. The maximum Gasteiger partial charge on any atom is 0.252 e. The second-order valence-electron chi connectivity index (χ2n) is 7.52. The monoisotopic (exact) mass is 428 g/mol. The number of nitrogens with one attached hydrogen (secondary N) is 1. The van der Waals surface area contributed by atoms with E-state index in [0.717, 1.165) is 16.9 Å². The van der Waals surface area contributed by atoms with E-state index in [-0.39, 0.29) is 11.8 Å². The molecule has 2 aromatic carbocycles. The molecule has 5 nitrogen and oxygen atoms in total. The number of ether oxygens (including phenoxy) is 1. The number of nitrogens with zero attached hydrogens (tertiary/aromatic N) is 1. The summed E-state index contributed by atoms with van der Waals surface area (Å²) in [6, 6.07) is 14.1. The normalized spacial score (nSPS) is 18.5. The van der Waals surface area contributed by atoms with Gasteiger partial charge in [-0.1, -0.05) is 53.8 Å². The van der Waals surface area contributed by atoms with Crippen LogP contribution in [-0.4, -0.2) is 38.9 Å². The van der Waals surface area contributed by atoms with Crippen LogP contribution in [0, 0.1) is 6.92 Å². The number of thiocarbonyl (C=S) groups is 1. The highest BCUT2D eigenvalue weighted by molar-refractivity contribution is 8.24. The molecule has 1 fully saturated rings. The third kappa shape index (κ3) is 4.79. The Balaban J connectivity index is 1.79. The lowest BCUT2D eigenvalue weighted by Gasteiger charge is -2.42. The molecular weight excluding hydrogens is 404 g/mol. The molecule has 1 aliphatic heterocycles. The molecule has 1 saturated heterocycles. The number of carbonyl (C=O) groups excluding carboxylic acids is 2. The summed E-state index contributed by atoms with van der Waals surface area (Å²) in [6.07, 6.45) is 0. The van der Waals surface area contributed by atoms with Gasteiger partial charge in [-0.05, 0) is 50.6 Å². The molecule has 0 bridgehead atoms. The zero-order chi connectivity index (χ0) is 21.2. The Kier molecular flexibility index (Phi) is 6.29. The van der Waals surface area contributed by atoms with Crippen LogP contribution in [0.2, 0.25) is 0 Å². The Hall–Kier alpha value is -2.38. The predicted molar refractivity (Wildman–Crippen MR) is 120 cm³/mol. The zero-order valence-corrected chi connectivity index (χ0v) is 18.5. The molecule has 0 aromatic heterocycles. The first-order valence-electron chi connectivity index (χ1n) is 9.26. The number of benzene rings is 2. The smallest absolute Gasteiger partial charge is 0.252 e. The van der Waals surface area contributed by atoms with Gasteiger partial charge >= 0.3 is 0 Å². The molecule has 7 heteroatoms. The number of amides is 2. The number of aryl methyl sites for hydroxylation is 1. The SMILES string of the molecule is COc1ccc(CN2C(=O)C(NC(=O)c3ccc(C)cc3)C(C)(C)SC2=S)cc1. The van der Waals surface area contributed by atoms with E-state index in [4.69, 9.17) is 17.0 Å². The van der Waals surface area contributed by atoms with Crippen LogP contribution in [0.15, 0.2) is 48.5 Å². The lowest BCUT2D eigenvalue weighted by atomic mass is 10.00. The number of hydrogen-bond donors (Lipinski definition) is 1. The van der Waals surface area contributed by atoms with Crippen LogP contribution < -0.4 is 10.1 Å². The molecule has 0 aliphatic carbocycles. The Labute approximate surface area is 180 Å². The van der Waals surface area contributed by atoms with Crippen molar-refractivity contribution in [3.05, 3.63) is 65.2 Å². The Morgan fingerprint density at radius 2 is 1.79 bits per heavy atom. The second-order valence-corrected chi connectivity index (χ2v) is 9.80. The van der Waals surface area contributed by atoms with E-state index in [1.165, 1.54) is 11.8 Å². The van der Waals surface area contributed by atoms with Gasteiger partial charge < -0.3 is 10.1 Å². The first-order chi connectivity index (χ1) is 13.7. The lowest BCUT2D eigenvalue weighted by Crippen LogP contribution is -2.62. The maximum atomic E-state index is 13.3. The number of hydrogen-bond acceptors (Lipinski definition) is 5. The topological polar surface area (TPSA) is 58.6 Å². The van der Waals surface area contributed by atoms with Crippen LogP contribution in [-0.2, 0) is 11.3 Å². The van der Waals surface area contributed by atoms with Gasteiger partial charge in [0, 0.05) is 10.3 Å². The van der Waals surface area contributed by atoms with Gasteiger partial charge in [0.15, 0.2) is 0 Å². The van der Waals surface area contributed by atoms with Gasteiger partial charge in [-0.15, -0.1) is 0 Å². The Bertz CT molecular complexity index is 924. The average molecular weight is 429 g/mol. The standard InChI is InChI=1S/C22H24N2O3S2/c1-14-5-9-16(10-6-14)19(25)23-18-20(26)24(21(28)29-22(18,2)3)13-15-7-11-17(27-4)12-8-15/h5-12,18H,13H2,1-4H3,(H,23,25). The first kappa shape index (κ1) is 21.3. The molecule has 1 aliphatic rings. The summed E-state index contributed by atoms with van der Waals surface area (Å²) in [4.78, 5) is 27.6. The second kappa shape index (κ2) is 8.55. The van der Waals surface area contributed by atoms with Crippen LogP contribution in [0.25, 0.3) is 0 Å². The minimum absolute atomic E-state index is 0.199. The van der Waals surface area contributed by atoms with Crippen molar-refractivity contribution in [3.63, 3.8) is 0 Å². The van der Waals surface area contributed by atoms with Gasteiger partial charge in [-0.3, -0.25) is 14.5 Å². The van der Waals surface area contributed by atoms with Crippen molar-refractivity contribution >= 4 is 40.1 Å². The summed E-state index contributed by atoms with van der Waals surface area (Å²) < 4.78 is 5.14. The van der Waals surface area contributed by atoms with E-state index in [2.05, 4.69) is 5.32 Å². The molecule has 3 rings (SSSR count). The largest absolute Gasteiger partial charge is 0.497 e. The predicted octanol–water partition coefficient (Wildman–Crippen LogP) is 3.94. The molecule has 1 N–H and O–H groups in total. The van der Waals surface area contributed by atoms with E-state index in [1.807, 2.05) is 57.2 Å². The first-order valence-corrected chi connectivity index (χ1v) is 10.5. The van der Waals surface area contributed by atoms with Gasteiger partial charge in [-0.2, -0.15) is 0 Å². The molecule has 1 atom stereocenters. The van der Waals surface area contributed by atoms with Crippen molar-refractivity contribution in [3.8, 4) is 5.75 Å². The summed E-state index contributed by atoms with van der Waals surface area (Å²) in [5.41, 5.74) is 2.53. The molecule has 0 spiro atoms. The average Bonchev–Trinajstić information content (AvgIpc) is 2.69. The van der Waals surface area contributed by atoms with Gasteiger partial charge in [0.1, 0.15) is 16.1 Å². The summed E-state index contributed by atoms with van der Waals surface area (Å²) in [6.45, 7) is 6.16. The molecule has 1 heterocycles. The van der Waals surface area contributed by atoms with Crippen LogP contribution in [0.4, 0.5) is 0 Å². The Morgan fingerprint density at radius 3 is 2.38 bits per heavy atom. The van der Waals surface area contributed by atoms with Crippen molar-refractivity contribution in [2.24, 2.45) is 0 Å². The molecule has 2 amide bonds. The molecule has 2 aromatic rings. The van der Waals surface area contributed by atoms with Crippen LogP contribution in [0.3, 0.4) is 0 Å². The van der Waals surface area contributed by atoms with Crippen molar-refractivity contribution in [1.29, 1.82) is 0 Å². The lowest BCUT2D eigenvalue weighted by molar-refractivity contribution is -0.130. The molecule has 0 saturated carbocycles. The fraction of sp³-hybridized carbons (Fsp3) is 0.318. The fourth-order valence-electron chi connectivity index (χ4n) is 3.09. The van der Waals surface area contributed by atoms with Crippen molar-refractivity contribution in [1.82, 2.24) is 10.2 Å². The van der Waals surface area contributed by atoms with Crippen molar-refractivity contribution in [2.75, 3.05) is 7.11 Å². The van der Waals surface area contributed by atoms with Gasteiger partial charge in [0.05, 0.1) is 13.7 Å². The fourth-order valence-corrected chi connectivity index (χ4v) is 4.88. The van der Waals surface area contributed by atoms with Crippen LogP contribution in [0.1, 0.15) is 35.3 Å². The summed E-state index contributed by atoms with van der Waals surface area (Å²) in [7, 11) is 1.61. The third-order valence-corrected chi connectivity index (χ3v) is 6.50. The third-order valence-electron chi connectivity index (χ3n) is 4.87. The number of rotatable bonds is 5. The molecule has 29 heavy (non-hydrogen) atoms. The minimum atomic E-state index is -0.689. The molecular formula is C22H24N2O3S2.